The van der Waals surface area contributed by atoms with Gasteiger partial charge in [0.05, 0.1) is 34.7 Å². The Bertz CT molecular complexity index is 1230. The van der Waals surface area contributed by atoms with Gasteiger partial charge in [0.25, 0.3) is 5.91 Å². The molecule has 2 aromatic heterocycles. The number of hydrogen-bond donors (Lipinski definition) is 0. The number of ether oxygens (including phenoxy) is 1. The number of aryl methyl sites for hydroxylation is 1. The largest absolute Gasteiger partial charge is 0.376 e. The lowest BCUT2D eigenvalue weighted by molar-refractivity contribution is 0.0445. The Kier molecular flexibility index (Phi) is 5.81. The zero-order valence-corrected chi connectivity index (χ0v) is 19.7. The number of benzene rings is 1. The minimum atomic E-state index is -3.10. The van der Waals surface area contributed by atoms with Crippen molar-refractivity contribution in [2.45, 2.75) is 44.9 Å². The highest BCUT2D eigenvalue weighted by atomic mass is 32.2. The maximum absolute atomic E-state index is 13.6. The summed E-state index contributed by atoms with van der Waals surface area (Å²) < 4.78 is 32.0. The van der Waals surface area contributed by atoms with E-state index in [0.717, 1.165) is 34.3 Å². The number of sulfone groups is 1. The second kappa shape index (κ2) is 8.61. The molecule has 2 fully saturated rings. The van der Waals surface area contributed by atoms with Crippen molar-refractivity contribution >= 4 is 37.3 Å². The maximum atomic E-state index is 13.6. The van der Waals surface area contributed by atoms with Gasteiger partial charge in [-0.1, -0.05) is 30.3 Å². The van der Waals surface area contributed by atoms with Crippen molar-refractivity contribution in [2.24, 2.45) is 0 Å². The van der Waals surface area contributed by atoms with E-state index in [1.165, 1.54) is 11.3 Å². The van der Waals surface area contributed by atoms with Gasteiger partial charge in [0.1, 0.15) is 4.83 Å². The molecule has 170 valence electrons. The summed E-state index contributed by atoms with van der Waals surface area (Å²) in [5.74, 6) is 0.0799. The zero-order valence-electron chi connectivity index (χ0n) is 18.1. The number of nitrogens with zero attached hydrogens (tertiary/aromatic N) is 3. The van der Waals surface area contributed by atoms with Crippen LogP contribution in [0.15, 0.2) is 36.4 Å². The van der Waals surface area contributed by atoms with Gasteiger partial charge in [-0.2, -0.15) is 5.10 Å². The van der Waals surface area contributed by atoms with E-state index in [0.29, 0.717) is 31.0 Å². The van der Waals surface area contributed by atoms with Crippen LogP contribution in [-0.4, -0.2) is 65.8 Å². The highest BCUT2D eigenvalue weighted by molar-refractivity contribution is 7.91. The topological polar surface area (TPSA) is 81.5 Å². The van der Waals surface area contributed by atoms with Crippen molar-refractivity contribution in [2.75, 3.05) is 24.7 Å². The first kappa shape index (κ1) is 21.6. The van der Waals surface area contributed by atoms with Crippen molar-refractivity contribution < 1.29 is 17.9 Å². The molecule has 1 amide bonds. The molecular formula is C23H27N3O4S2. The maximum Gasteiger partial charge on any atom is 0.264 e. The van der Waals surface area contributed by atoms with Crippen molar-refractivity contribution in [3.05, 3.63) is 52.5 Å². The molecule has 5 rings (SSSR count). The van der Waals surface area contributed by atoms with Crippen LogP contribution in [0, 0.1) is 6.92 Å². The molecule has 2 saturated heterocycles. The van der Waals surface area contributed by atoms with Gasteiger partial charge in [-0.3, -0.25) is 9.48 Å². The van der Waals surface area contributed by atoms with Gasteiger partial charge >= 0.3 is 0 Å². The fraction of sp³-hybridized carbons (Fsp3) is 0.478. The number of carbonyl (C=O) groups excluding carboxylic acids is 1. The predicted molar refractivity (Wildman–Crippen MR) is 125 cm³/mol. The Morgan fingerprint density at radius 3 is 2.78 bits per heavy atom. The lowest BCUT2D eigenvalue weighted by Gasteiger charge is -2.30. The summed E-state index contributed by atoms with van der Waals surface area (Å²) in [6.07, 6.45) is 2.35. The van der Waals surface area contributed by atoms with Crippen molar-refractivity contribution in [3.8, 4) is 0 Å². The quantitative estimate of drug-likeness (QED) is 0.549. The highest BCUT2D eigenvalue weighted by Crippen LogP contribution is 2.31. The van der Waals surface area contributed by atoms with Gasteiger partial charge in [-0.25, -0.2) is 8.42 Å². The third-order valence-electron chi connectivity index (χ3n) is 6.33. The normalized spacial score (nSPS) is 22.5. The lowest BCUT2D eigenvalue weighted by Crippen LogP contribution is -2.45. The summed E-state index contributed by atoms with van der Waals surface area (Å²) in [6.45, 7) is 3.74. The second-order valence-electron chi connectivity index (χ2n) is 8.71. The predicted octanol–water partition coefficient (Wildman–Crippen LogP) is 3.26. The number of carbonyl (C=O) groups is 1. The summed E-state index contributed by atoms with van der Waals surface area (Å²) in [6, 6.07) is 11.7. The van der Waals surface area contributed by atoms with Crippen LogP contribution < -0.4 is 0 Å². The molecule has 2 atom stereocenters. The van der Waals surface area contributed by atoms with E-state index in [-0.39, 0.29) is 29.6 Å². The Labute approximate surface area is 191 Å². The lowest BCUT2D eigenvalue weighted by atomic mass is 10.1. The van der Waals surface area contributed by atoms with Crippen LogP contribution >= 0.6 is 11.3 Å². The molecule has 0 radical (unpaired) electrons. The first-order chi connectivity index (χ1) is 15.4. The first-order valence-electron chi connectivity index (χ1n) is 11.0. The van der Waals surface area contributed by atoms with E-state index in [4.69, 9.17) is 4.74 Å². The number of hydrogen-bond acceptors (Lipinski definition) is 6. The average Bonchev–Trinajstić information content (AvgIpc) is 3.54. The molecule has 0 bridgehead atoms. The number of rotatable bonds is 6. The van der Waals surface area contributed by atoms with Gasteiger partial charge in [0.2, 0.25) is 0 Å². The van der Waals surface area contributed by atoms with Gasteiger partial charge in [-0.05, 0) is 37.8 Å². The number of amides is 1. The molecule has 0 saturated carbocycles. The van der Waals surface area contributed by atoms with E-state index in [9.17, 15) is 13.2 Å². The summed E-state index contributed by atoms with van der Waals surface area (Å²) in [4.78, 5) is 17.0. The first-order valence-corrected chi connectivity index (χ1v) is 13.7. The second-order valence-corrected chi connectivity index (χ2v) is 12.0. The van der Waals surface area contributed by atoms with Crippen LogP contribution in [-0.2, 0) is 21.1 Å². The zero-order chi connectivity index (χ0) is 22.3. The summed E-state index contributed by atoms with van der Waals surface area (Å²) >= 11 is 1.44. The SMILES string of the molecule is Cc1nn(Cc2ccccc2)c2sc(C(=O)N(CC3CCCO3)C3CCS(=O)(=O)C3)cc12. The summed E-state index contributed by atoms with van der Waals surface area (Å²) in [7, 11) is -3.10. The average molecular weight is 474 g/mol. The van der Waals surface area contributed by atoms with E-state index in [1.54, 1.807) is 4.90 Å². The van der Waals surface area contributed by atoms with Crippen LogP contribution in [0.3, 0.4) is 0 Å². The highest BCUT2D eigenvalue weighted by Gasteiger charge is 2.37. The van der Waals surface area contributed by atoms with Crippen LogP contribution in [0.2, 0.25) is 0 Å². The van der Waals surface area contributed by atoms with Gasteiger partial charge in [0, 0.05) is 24.6 Å². The number of aromatic nitrogens is 2. The standard InChI is InChI=1S/C23H27N3O4S2/c1-16-20-12-21(31-23(20)26(24-16)13-17-6-3-2-4-7-17)22(27)25(14-19-8-5-10-30-19)18-9-11-32(28,29)15-18/h2-4,6-7,12,18-19H,5,8-11,13-15H2,1H3. The van der Waals surface area contributed by atoms with Crippen molar-refractivity contribution in [1.82, 2.24) is 14.7 Å². The third-order valence-corrected chi connectivity index (χ3v) is 9.21. The van der Waals surface area contributed by atoms with E-state index in [1.807, 2.05) is 35.9 Å². The molecule has 4 heterocycles. The third kappa shape index (κ3) is 4.33. The van der Waals surface area contributed by atoms with Crippen LogP contribution in [0.5, 0.6) is 0 Å². The van der Waals surface area contributed by atoms with Gasteiger partial charge in [0.15, 0.2) is 9.84 Å². The van der Waals surface area contributed by atoms with Crippen LogP contribution in [0.4, 0.5) is 0 Å². The molecule has 2 aliphatic rings. The number of fused-ring (bicyclic) bond motifs is 1. The van der Waals surface area contributed by atoms with Gasteiger partial charge < -0.3 is 9.64 Å². The fourth-order valence-electron chi connectivity index (χ4n) is 4.65. The molecule has 0 spiro atoms. The Balaban J connectivity index is 1.45. The Morgan fingerprint density at radius 1 is 1.28 bits per heavy atom. The van der Waals surface area contributed by atoms with E-state index < -0.39 is 9.84 Å². The molecule has 0 aliphatic carbocycles. The van der Waals surface area contributed by atoms with Crippen LogP contribution in [0.25, 0.3) is 10.2 Å². The Hall–Kier alpha value is -2.23. The summed E-state index contributed by atoms with van der Waals surface area (Å²) in [5.41, 5.74) is 2.04. The van der Waals surface area contributed by atoms with E-state index in [2.05, 4.69) is 17.2 Å². The van der Waals surface area contributed by atoms with Gasteiger partial charge in [-0.15, -0.1) is 11.3 Å². The van der Waals surface area contributed by atoms with Crippen LogP contribution in [0.1, 0.15) is 40.2 Å². The fourth-order valence-corrected chi connectivity index (χ4v) is 7.50. The monoisotopic (exact) mass is 473 g/mol. The van der Waals surface area contributed by atoms with Crippen molar-refractivity contribution in [1.29, 1.82) is 0 Å². The molecule has 1 aromatic carbocycles. The molecule has 0 N–H and O–H groups in total. The molecule has 2 unspecified atom stereocenters. The minimum Gasteiger partial charge on any atom is -0.376 e. The minimum absolute atomic E-state index is 0.0214. The molecule has 32 heavy (non-hydrogen) atoms. The van der Waals surface area contributed by atoms with E-state index >= 15 is 0 Å². The summed E-state index contributed by atoms with van der Waals surface area (Å²) in [5, 5.41) is 5.65. The molecule has 7 nitrogen and oxygen atoms in total. The molecule has 2 aliphatic heterocycles. The molecular weight excluding hydrogens is 446 g/mol. The Morgan fingerprint density at radius 2 is 2.09 bits per heavy atom. The smallest absolute Gasteiger partial charge is 0.264 e. The molecule has 3 aromatic rings. The molecule has 9 heteroatoms. The number of thiophene rings is 1. The van der Waals surface area contributed by atoms with Crippen molar-refractivity contribution in [3.63, 3.8) is 0 Å².